The molecule has 1 aliphatic carbocycles. The first-order chi connectivity index (χ1) is 18.6. The highest BCUT2D eigenvalue weighted by Crippen LogP contribution is 2.33. The molecule has 1 amide bonds. The molecule has 204 valence electrons. The molecule has 5 heterocycles. The Kier molecular flexibility index (Phi) is 6.25. The van der Waals surface area contributed by atoms with Gasteiger partial charge in [0.15, 0.2) is 11.5 Å². The molecule has 0 radical (unpaired) electrons. The molecule has 1 aliphatic heterocycles. The Morgan fingerprint density at radius 1 is 1.05 bits per heavy atom. The van der Waals surface area contributed by atoms with Crippen LogP contribution in [0.2, 0.25) is 0 Å². The smallest absolute Gasteiger partial charge is 0.228 e. The van der Waals surface area contributed by atoms with Gasteiger partial charge in [0.05, 0.1) is 17.8 Å². The molecule has 11 heteroatoms. The number of amides is 1. The maximum Gasteiger partial charge on any atom is 0.228 e. The molecule has 2 fully saturated rings. The lowest BCUT2D eigenvalue weighted by molar-refractivity contribution is -0.117. The Bertz CT molecular complexity index is 1530. The average molecular weight is 530 g/mol. The number of ether oxygens (including phenoxy) is 1. The van der Waals surface area contributed by atoms with E-state index in [-0.39, 0.29) is 17.2 Å². The van der Waals surface area contributed by atoms with Crippen molar-refractivity contribution in [2.75, 3.05) is 30.8 Å². The molecule has 39 heavy (non-hydrogen) atoms. The molecule has 2 N–H and O–H groups in total. The number of imidazole rings is 1. The van der Waals surface area contributed by atoms with Crippen LogP contribution in [0.1, 0.15) is 51.8 Å². The Hall–Kier alpha value is -3.99. The van der Waals surface area contributed by atoms with Crippen LogP contribution in [0.15, 0.2) is 36.7 Å². The van der Waals surface area contributed by atoms with Gasteiger partial charge in [-0.3, -0.25) is 9.48 Å². The Morgan fingerprint density at radius 3 is 2.59 bits per heavy atom. The van der Waals surface area contributed by atoms with Gasteiger partial charge in [0, 0.05) is 55.0 Å². The lowest BCUT2D eigenvalue weighted by Gasteiger charge is -2.23. The first kappa shape index (κ1) is 25.3. The predicted molar refractivity (Wildman–Crippen MR) is 150 cm³/mol. The zero-order valence-electron chi connectivity index (χ0n) is 23.1. The van der Waals surface area contributed by atoms with Crippen molar-refractivity contribution in [3.63, 3.8) is 0 Å². The summed E-state index contributed by atoms with van der Waals surface area (Å²) in [6, 6.07) is 7.85. The van der Waals surface area contributed by atoms with Crippen LogP contribution < -0.4 is 15.4 Å². The van der Waals surface area contributed by atoms with Gasteiger partial charge in [0.1, 0.15) is 17.3 Å². The number of carbonyl (C=O) groups excluding carboxylic acids is 1. The quantitative estimate of drug-likeness (QED) is 0.356. The largest absolute Gasteiger partial charge is 0.455 e. The lowest BCUT2D eigenvalue weighted by atomic mass is 9.91. The van der Waals surface area contributed by atoms with E-state index in [2.05, 4.69) is 64.1 Å². The summed E-state index contributed by atoms with van der Waals surface area (Å²) in [6.45, 7) is 8.73. The highest BCUT2D eigenvalue weighted by Gasteiger charge is 2.30. The predicted octanol–water partition coefficient (Wildman–Crippen LogP) is 4.62. The second kappa shape index (κ2) is 9.64. The number of pyridine rings is 2. The van der Waals surface area contributed by atoms with Crippen molar-refractivity contribution >= 4 is 34.7 Å². The first-order valence-electron chi connectivity index (χ1n) is 13.5. The highest BCUT2D eigenvalue weighted by atomic mass is 16.5. The summed E-state index contributed by atoms with van der Waals surface area (Å²) in [7, 11) is 4.10. The van der Waals surface area contributed by atoms with Gasteiger partial charge in [-0.2, -0.15) is 10.1 Å². The molecule has 0 aromatic carbocycles. The number of carbonyl (C=O) groups is 1. The van der Waals surface area contributed by atoms with Gasteiger partial charge in [-0.05, 0) is 38.9 Å². The van der Waals surface area contributed by atoms with Crippen LogP contribution in [0.3, 0.4) is 0 Å². The van der Waals surface area contributed by atoms with E-state index in [1.54, 1.807) is 24.5 Å². The van der Waals surface area contributed by atoms with E-state index in [1.807, 2.05) is 17.7 Å². The molecule has 2 aliphatic rings. The maximum absolute atomic E-state index is 12.1. The summed E-state index contributed by atoms with van der Waals surface area (Å²) in [5.41, 5.74) is 2.58. The van der Waals surface area contributed by atoms with Crippen molar-refractivity contribution < 1.29 is 9.53 Å². The van der Waals surface area contributed by atoms with E-state index in [0.717, 1.165) is 43.7 Å². The SMILES string of the molecule is CN1CC[C@@H](n2nc(Nc3nc4ncc(Oc5ccnc(NC(=O)C6CC6)c5)cc4n3C)cc2C(C)(C)C)C1. The molecule has 1 saturated heterocycles. The average Bonchev–Trinajstić information content (AvgIpc) is 3.40. The second-order valence-corrected chi connectivity index (χ2v) is 11.7. The Balaban J connectivity index is 1.22. The van der Waals surface area contributed by atoms with Gasteiger partial charge in [0.25, 0.3) is 0 Å². The maximum atomic E-state index is 12.1. The number of fused-ring (bicyclic) bond motifs is 1. The third kappa shape index (κ3) is 5.31. The number of rotatable bonds is 7. The third-order valence-corrected chi connectivity index (χ3v) is 7.34. The van der Waals surface area contributed by atoms with E-state index in [1.165, 1.54) is 5.69 Å². The second-order valence-electron chi connectivity index (χ2n) is 11.7. The molecule has 4 aromatic rings. The summed E-state index contributed by atoms with van der Waals surface area (Å²) in [4.78, 5) is 27.9. The number of hydrogen-bond donors (Lipinski definition) is 2. The molecule has 1 atom stereocenters. The van der Waals surface area contributed by atoms with Gasteiger partial charge in [-0.15, -0.1) is 0 Å². The van der Waals surface area contributed by atoms with Gasteiger partial charge >= 0.3 is 0 Å². The minimum atomic E-state index is -0.0399. The van der Waals surface area contributed by atoms with Crippen LogP contribution >= 0.6 is 0 Å². The van der Waals surface area contributed by atoms with E-state index < -0.39 is 0 Å². The summed E-state index contributed by atoms with van der Waals surface area (Å²) in [5, 5.41) is 11.2. The number of nitrogens with zero attached hydrogens (tertiary/aromatic N) is 7. The monoisotopic (exact) mass is 529 g/mol. The standard InChI is InChI=1S/C28H35N9O2/c1-28(2,3)22-14-24(34-37(22)18-9-11-35(4)16-18)32-27-33-25-21(36(27)5)12-20(15-30-25)39-19-8-10-29-23(13-19)31-26(38)17-6-7-17/h8,10,12-15,17-18H,6-7,9,11,16H2,1-5H3,(H,29,31,38)(H,30,32,33,34)/t18-/m1/s1. The molecule has 1 saturated carbocycles. The topological polar surface area (TPSA) is 115 Å². The van der Waals surface area contributed by atoms with Crippen molar-refractivity contribution in [3.05, 3.63) is 42.4 Å². The zero-order valence-corrected chi connectivity index (χ0v) is 23.1. The molecular formula is C28H35N9O2. The van der Waals surface area contributed by atoms with E-state index >= 15 is 0 Å². The fourth-order valence-electron chi connectivity index (χ4n) is 4.99. The Labute approximate surface area is 227 Å². The number of likely N-dealkylation sites (tertiary alicyclic amines) is 1. The van der Waals surface area contributed by atoms with Crippen LogP contribution in [0.5, 0.6) is 11.5 Å². The number of aryl methyl sites for hydroxylation is 1. The zero-order chi connectivity index (χ0) is 27.3. The van der Waals surface area contributed by atoms with Gasteiger partial charge in [0.2, 0.25) is 11.9 Å². The van der Waals surface area contributed by atoms with Crippen molar-refractivity contribution in [1.82, 2.24) is 34.2 Å². The molecule has 0 unspecified atom stereocenters. The lowest BCUT2D eigenvalue weighted by Crippen LogP contribution is -2.24. The highest BCUT2D eigenvalue weighted by molar-refractivity contribution is 5.93. The normalized spacial score (nSPS) is 18.0. The molecular weight excluding hydrogens is 494 g/mol. The van der Waals surface area contributed by atoms with Crippen LogP contribution in [-0.2, 0) is 17.3 Å². The summed E-state index contributed by atoms with van der Waals surface area (Å²) in [5.74, 6) is 3.13. The van der Waals surface area contributed by atoms with E-state index in [4.69, 9.17) is 14.8 Å². The Morgan fingerprint density at radius 2 is 1.87 bits per heavy atom. The number of likely N-dealkylation sites (N-methyl/N-ethyl adjacent to an activating group) is 1. The van der Waals surface area contributed by atoms with Crippen LogP contribution in [0, 0.1) is 5.92 Å². The molecule has 0 bridgehead atoms. The van der Waals surface area contributed by atoms with Crippen molar-refractivity contribution in [3.8, 4) is 11.5 Å². The van der Waals surface area contributed by atoms with E-state index in [9.17, 15) is 4.79 Å². The van der Waals surface area contributed by atoms with Crippen LogP contribution in [0.4, 0.5) is 17.6 Å². The van der Waals surface area contributed by atoms with Crippen molar-refractivity contribution in [2.45, 2.75) is 51.5 Å². The van der Waals surface area contributed by atoms with Crippen LogP contribution in [-0.4, -0.2) is 60.2 Å². The van der Waals surface area contributed by atoms with Crippen molar-refractivity contribution in [1.29, 1.82) is 0 Å². The summed E-state index contributed by atoms with van der Waals surface area (Å²) >= 11 is 0. The first-order valence-corrected chi connectivity index (χ1v) is 13.5. The van der Waals surface area contributed by atoms with E-state index in [0.29, 0.717) is 35.0 Å². The van der Waals surface area contributed by atoms with Crippen LogP contribution in [0.25, 0.3) is 11.2 Å². The number of anilines is 3. The minimum Gasteiger partial charge on any atom is -0.455 e. The summed E-state index contributed by atoms with van der Waals surface area (Å²) < 4.78 is 10.2. The third-order valence-electron chi connectivity index (χ3n) is 7.34. The van der Waals surface area contributed by atoms with Crippen molar-refractivity contribution in [2.24, 2.45) is 13.0 Å². The fourth-order valence-corrected chi connectivity index (χ4v) is 4.99. The number of nitrogens with one attached hydrogen (secondary N) is 2. The van der Waals surface area contributed by atoms with Gasteiger partial charge < -0.3 is 24.8 Å². The fraction of sp³-hybridized carbons (Fsp3) is 0.464. The number of hydrogen-bond acceptors (Lipinski definition) is 8. The molecule has 4 aromatic heterocycles. The van der Waals surface area contributed by atoms with Gasteiger partial charge in [-0.25, -0.2) is 9.97 Å². The minimum absolute atomic E-state index is 0.00711. The summed E-state index contributed by atoms with van der Waals surface area (Å²) in [6.07, 6.45) is 6.22. The van der Waals surface area contributed by atoms with Gasteiger partial charge in [-0.1, -0.05) is 20.8 Å². The molecule has 0 spiro atoms. The number of aromatic nitrogens is 6. The molecule has 11 nitrogen and oxygen atoms in total. The molecule has 6 rings (SSSR count).